The molecule has 0 saturated heterocycles. The Balaban J connectivity index is 1.45. The highest BCUT2D eigenvalue weighted by molar-refractivity contribution is 7.89. The van der Waals surface area contributed by atoms with Crippen molar-refractivity contribution in [3.63, 3.8) is 0 Å². The Hall–Kier alpha value is -3.17. The van der Waals surface area contributed by atoms with Crippen molar-refractivity contribution in [3.05, 3.63) is 71.6 Å². The Morgan fingerprint density at radius 3 is 2.26 bits per heavy atom. The molecular formula is C22H27N5O3S. The second-order valence-electron chi connectivity index (χ2n) is 7.07. The first-order chi connectivity index (χ1) is 14.9. The molecule has 0 unspecified atom stereocenters. The second-order valence-corrected chi connectivity index (χ2v) is 8.84. The lowest BCUT2D eigenvalue weighted by molar-refractivity contribution is 0.571. The summed E-state index contributed by atoms with van der Waals surface area (Å²) >= 11 is 0. The van der Waals surface area contributed by atoms with E-state index in [1.165, 1.54) is 5.56 Å². The summed E-state index contributed by atoms with van der Waals surface area (Å²) in [7, 11) is -1.89. The zero-order chi connectivity index (χ0) is 22.3. The van der Waals surface area contributed by atoms with Gasteiger partial charge in [-0.15, -0.1) is 0 Å². The first kappa shape index (κ1) is 22.5. The lowest BCUT2D eigenvalue weighted by Crippen LogP contribution is -2.41. The number of sulfonamides is 1. The number of aryl methyl sites for hydroxylation is 2. The fraction of sp³-hybridized carbons (Fsp3) is 0.273. The number of nitrogens with one attached hydrogen (secondary N) is 3. The van der Waals surface area contributed by atoms with Gasteiger partial charge in [0.15, 0.2) is 5.96 Å². The fourth-order valence-electron chi connectivity index (χ4n) is 2.78. The van der Waals surface area contributed by atoms with Crippen molar-refractivity contribution in [3.8, 4) is 11.5 Å². The van der Waals surface area contributed by atoms with Gasteiger partial charge in [0.25, 0.3) is 0 Å². The smallest absolute Gasteiger partial charge is 0.240 e. The molecule has 164 valence electrons. The predicted molar refractivity (Wildman–Crippen MR) is 121 cm³/mol. The largest absolute Gasteiger partial charge is 0.444 e. The maximum atomic E-state index is 12.3. The second kappa shape index (κ2) is 10.2. The average molecular weight is 442 g/mol. The van der Waals surface area contributed by atoms with Gasteiger partial charge in [-0.2, -0.15) is 0 Å². The number of benzene rings is 2. The summed E-state index contributed by atoms with van der Waals surface area (Å²) in [4.78, 5) is 8.87. The van der Waals surface area contributed by atoms with Crippen molar-refractivity contribution in [2.24, 2.45) is 4.99 Å². The van der Waals surface area contributed by atoms with E-state index in [-0.39, 0.29) is 11.4 Å². The van der Waals surface area contributed by atoms with Gasteiger partial charge in [-0.05, 0) is 38.1 Å². The molecule has 31 heavy (non-hydrogen) atoms. The van der Waals surface area contributed by atoms with Crippen molar-refractivity contribution in [2.75, 3.05) is 20.1 Å². The number of hydrogen-bond acceptors (Lipinski definition) is 5. The third-order valence-electron chi connectivity index (χ3n) is 4.55. The lowest BCUT2D eigenvalue weighted by atomic mass is 10.1. The van der Waals surface area contributed by atoms with Crippen LogP contribution < -0.4 is 15.4 Å². The van der Waals surface area contributed by atoms with E-state index in [1.807, 2.05) is 38.1 Å². The van der Waals surface area contributed by atoms with Crippen LogP contribution in [0.1, 0.15) is 16.8 Å². The number of nitrogens with zero attached hydrogens (tertiary/aromatic N) is 2. The molecule has 0 radical (unpaired) electrons. The van der Waals surface area contributed by atoms with E-state index in [9.17, 15) is 8.42 Å². The van der Waals surface area contributed by atoms with Crippen LogP contribution in [-0.4, -0.2) is 39.5 Å². The first-order valence-electron chi connectivity index (χ1n) is 9.90. The molecule has 0 spiro atoms. The molecular weight excluding hydrogens is 414 g/mol. The maximum absolute atomic E-state index is 12.3. The third kappa shape index (κ3) is 6.40. The Morgan fingerprint density at radius 1 is 0.968 bits per heavy atom. The minimum atomic E-state index is -3.54. The van der Waals surface area contributed by atoms with E-state index in [2.05, 4.69) is 25.3 Å². The molecule has 0 atom stereocenters. The van der Waals surface area contributed by atoms with Crippen LogP contribution >= 0.6 is 0 Å². The molecule has 2 aromatic carbocycles. The monoisotopic (exact) mass is 441 g/mol. The molecule has 1 aromatic heterocycles. The Bertz CT molecular complexity index is 1120. The van der Waals surface area contributed by atoms with E-state index in [1.54, 1.807) is 37.6 Å². The molecule has 0 fully saturated rings. The summed E-state index contributed by atoms with van der Waals surface area (Å²) in [5.41, 5.74) is 3.83. The molecule has 0 aliphatic carbocycles. The lowest BCUT2D eigenvalue weighted by Gasteiger charge is -2.11. The third-order valence-corrected chi connectivity index (χ3v) is 6.03. The van der Waals surface area contributed by atoms with Crippen LogP contribution in [0.5, 0.6) is 0 Å². The van der Waals surface area contributed by atoms with E-state index < -0.39 is 10.0 Å². The van der Waals surface area contributed by atoms with Crippen molar-refractivity contribution in [1.82, 2.24) is 20.3 Å². The Kier molecular flexibility index (Phi) is 7.43. The van der Waals surface area contributed by atoms with Crippen molar-refractivity contribution < 1.29 is 12.8 Å². The number of aromatic nitrogens is 1. The van der Waals surface area contributed by atoms with Gasteiger partial charge >= 0.3 is 0 Å². The SMILES string of the molecule is CN=C(NCCNS(=O)(=O)c1ccc(C)cc1)NCc1coc(-c2ccc(C)cc2)n1. The van der Waals surface area contributed by atoms with Crippen LogP contribution in [0.15, 0.2) is 69.1 Å². The van der Waals surface area contributed by atoms with E-state index in [0.29, 0.717) is 24.9 Å². The number of rotatable bonds is 8. The van der Waals surface area contributed by atoms with Gasteiger partial charge in [0.2, 0.25) is 15.9 Å². The van der Waals surface area contributed by atoms with E-state index in [0.717, 1.165) is 16.8 Å². The summed E-state index contributed by atoms with van der Waals surface area (Å²) in [5.74, 6) is 1.10. The Labute approximate surface area is 182 Å². The number of guanidine groups is 1. The molecule has 0 saturated carbocycles. The molecule has 0 amide bonds. The molecule has 1 heterocycles. The minimum absolute atomic E-state index is 0.221. The van der Waals surface area contributed by atoms with Gasteiger partial charge in [0.1, 0.15) is 6.26 Å². The minimum Gasteiger partial charge on any atom is -0.444 e. The summed E-state index contributed by atoms with van der Waals surface area (Å²) in [6.45, 7) is 4.95. The molecule has 0 aliphatic rings. The van der Waals surface area contributed by atoms with Crippen LogP contribution in [-0.2, 0) is 16.6 Å². The number of oxazole rings is 1. The van der Waals surface area contributed by atoms with Gasteiger partial charge in [-0.25, -0.2) is 18.1 Å². The van der Waals surface area contributed by atoms with Gasteiger partial charge < -0.3 is 15.1 Å². The molecule has 9 heteroatoms. The van der Waals surface area contributed by atoms with Crippen molar-refractivity contribution >= 4 is 16.0 Å². The molecule has 3 aromatic rings. The summed E-state index contributed by atoms with van der Waals surface area (Å²) in [5, 5.41) is 6.21. The van der Waals surface area contributed by atoms with Crippen LogP contribution in [0.25, 0.3) is 11.5 Å². The number of aliphatic imine (C=N–C) groups is 1. The first-order valence-corrected chi connectivity index (χ1v) is 11.4. The quantitative estimate of drug-likeness (QED) is 0.282. The van der Waals surface area contributed by atoms with Crippen LogP contribution in [0.2, 0.25) is 0 Å². The van der Waals surface area contributed by atoms with Gasteiger partial charge in [-0.3, -0.25) is 4.99 Å². The zero-order valence-corrected chi connectivity index (χ0v) is 18.7. The van der Waals surface area contributed by atoms with Gasteiger partial charge in [0.05, 0.1) is 17.1 Å². The normalized spacial score (nSPS) is 12.0. The van der Waals surface area contributed by atoms with Crippen LogP contribution in [0, 0.1) is 13.8 Å². The predicted octanol–water partition coefficient (Wildman–Crippen LogP) is 2.60. The van der Waals surface area contributed by atoms with E-state index in [4.69, 9.17) is 4.42 Å². The molecule has 3 N–H and O–H groups in total. The fourth-order valence-corrected chi connectivity index (χ4v) is 3.81. The maximum Gasteiger partial charge on any atom is 0.240 e. The average Bonchev–Trinajstić information content (AvgIpc) is 3.23. The molecule has 8 nitrogen and oxygen atoms in total. The van der Waals surface area contributed by atoms with Gasteiger partial charge in [0, 0.05) is 25.7 Å². The van der Waals surface area contributed by atoms with Crippen LogP contribution in [0.3, 0.4) is 0 Å². The van der Waals surface area contributed by atoms with Crippen molar-refractivity contribution in [2.45, 2.75) is 25.3 Å². The van der Waals surface area contributed by atoms with Crippen molar-refractivity contribution in [1.29, 1.82) is 0 Å². The summed E-state index contributed by atoms with van der Waals surface area (Å²) in [6, 6.07) is 14.7. The highest BCUT2D eigenvalue weighted by atomic mass is 32.2. The molecule has 0 bridgehead atoms. The molecule has 0 aliphatic heterocycles. The Morgan fingerprint density at radius 2 is 1.61 bits per heavy atom. The van der Waals surface area contributed by atoms with E-state index >= 15 is 0 Å². The topological polar surface area (TPSA) is 109 Å². The molecule has 3 rings (SSSR count). The standard InChI is InChI=1S/C22H27N5O3S/c1-16-4-8-18(9-5-16)21-27-19(15-30-21)14-25-22(23-3)24-12-13-26-31(28,29)20-10-6-17(2)7-11-20/h4-11,15,26H,12-14H2,1-3H3,(H2,23,24,25). The highest BCUT2D eigenvalue weighted by Crippen LogP contribution is 2.19. The number of hydrogen-bond donors (Lipinski definition) is 3. The highest BCUT2D eigenvalue weighted by Gasteiger charge is 2.13. The van der Waals surface area contributed by atoms with Crippen LogP contribution in [0.4, 0.5) is 0 Å². The van der Waals surface area contributed by atoms with Gasteiger partial charge in [-0.1, -0.05) is 35.4 Å². The zero-order valence-electron chi connectivity index (χ0n) is 17.8. The summed E-state index contributed by atoms with van der Waals surface area (Å²) in [6.07, 6.45) is 1.60. The summed E-state index contributed by atoms with van der Waals surface area (Å²) < 4.78 is 32.7.